The number of nitrogens with zero attached hydrogens (tertiary/aromatic N) is 2. The molecule has 1 aliphatic heterocycles. The minimum Gasteiger partial charge on any atom is -0.415 e. The molecule has 0 saturated heterocycles. The van der Waals surface area contributed by atoms with Gasteiger partial charge >= 0.3 is 6.09 Å². The Labute approximate surface area is 68.9 Å². The highest BCUT2D eigenvalue weighted by atomic mass is 16.6. The van der Waals surface area contributed by atoms with E-state index in [1.54, 1.807) is 0 Å². The van der Waals surface area contributed by atoms with Crippen molar-refractivity contribution in [3.63, 3.8) is 0 Å². The van der Waals surface area contributed by atoms with Crippen LogP contribution in [0.25, 0.3) is 0 Å². The molecule has 0 N–H and O–H groups in total. The van der Waals surface area contributed by atoms with Gasteiger partial charge in [0.2, 0.25) is 6.23 Å². The zero-order valence-corrected chi connectivity index (χ0v) is 6.18. The number of benzene rings is 1. The molecule has 1 heterocycles. The molecule has 60 valence electrons. The molecule has 4 nitrogen and oxygen atoms in total. The Morgan fingerprint density at radius 2 is 2.00 bits per heavy atom. The van der Waals surface area contributed by atoms with Gasteiger partial charge in [0.05, 0.1) is 0 Å². The summed E-state index contributed by atoms with van der Waals surface area (Å²) >= 11 is 0. The SMILES string of the molecule is O=C1N=NC(c2ccccc2)O1. The van der Waals surface area contributed by atoms with Crippen molar-refractivity contribution in [3.05, 3.63) is 35.9 Å². The van der Waals surface area contributed by atoms with Crippen molar-refractivity contribution in [1.82, 2.24) is 0 Å². The second-order valence-electron chi connectivity index (χ2n) is 2.36. The van der Waals surface area contributed by atoms with E-state index in [0.29, 0.717) is 0 Å². The van der Waals surface area contributed by atoms with Crippen molar-refractivity contribution in [2.24, 2.45) is 10.2 Å². The lowest BCUT2D eigenvalue weighted by Gasteiger charge is -2.03. The summed E-state index contributed by atoms with van der Waals surface area (Å²) in [5, 5.41) is 6.90. The van der Waals surface area contributed by atoms with E-state index < -0.39 is 12.3 Å². The Morgan fingerprint density at radius 1 is 1.25 bits per heavy atom. The second-order valence-corrected chi connectivity index (χ2v) is 2.36. The molecule has 12 heavy (non-hydrogen) atoms. The lowest BCUT2D eigenvalue weighted by Crippen LogP contribution is -1.97. The van der Waals surface area contributed by atoms with Gasteiger partial charge in [-0.05, 0) is 0 Å². The van der Waals surface area contributed by atoms with E-state index in [4.69, 9.17) is 4.74 Å². The van der Waals surface area contributed by atoms with Crippen LogP contribution < -0.4 is 0 Å². The zero-order valence-electron chi connectivity index (χ0n) is 6.18. The minimum absolute atomic E-state index is 0.543. The zero-order chi connectivity index (χ0) is 8.39. The van der Waals surface area contributed by atoms with E-state index in [0.717, 1.165) is 5.56 Å². The highest BCUT2D eigenvalue weighted by Crippen LogP contribution is 2.23. The average molecular weight is 162 g/mol. The van der Waals surface area contributed by atoms with Gasteiger partial charge in [-0.1, -0.05) is 35.4 Å². The van der Waals surface area contributed by atoms with E-state index >= 15 is 0 Å². The molecule has 4 heteroatoms. The molecular formula is C8H6N2O2. The topological polar surface area (TPSA) is 51.0 Å². The first-order valence-corrected chi connectivity index (χ1v) is 3.53. The Kier molecular flexibility index (Phi) is 1.59. The molecule has 2 rings (SSSR count). The molecule has 0 fully saturated rings. The molecule has 1 atom stereocenters. The molecule has 1 aromatic carbocycles. The van der Waals surface area contributed by atoms with E-state index in [9.17, 15) is 4.79 Å². The molecule has 0 saturated carbocycles. The first-order valence-electron chi connectivity index (χ1n) is 3.53. The number of carbonyl (C=O) groups is 1. The summed E-state index contributed by atoms with van der Waals surface area (Å²) < 4.78 is 4.78. The Hall–Kier alpha value is -1.71. The molecule has 1 aromatic rings. The summed E-state index contributed by atoms with van der Waals surface area (Å²) in [6, 6.07) is 9.27. The molecule has 0 radical (unpaired) electrons. The maximum atomic E-state index is 10.5. The summed E-state index contributed by atoms with van der Waals surface area (Å²) in [7, 11) is 0. The van der Waals surface area contributed by atoms with Crippen LogP contribution in [0.1, 0.15) is 11.8 Å². The quantitative estimate of drug-likeness (QED) is 0.636. The van der Waals surface area contributed by atoms with Crippen LogP contribution in [0.2, 0.25) is 0 Å². The van der Waals surface area contributed by atoms with Crippen LogP contribution in [0.3, 0.4) is 0 Å². The summed E-state index contributed by atoms with van der Waals surface area (Å²) in [5.74, 6) is 0. The third-order valence-electron chi connectivity index (χ3n) is 1.54. The van der Waals surface area contributed by atoms with E-state index in [1.807, 2.05) is 30.3 Å². The summed E-state index contributed by atoms with van der Waals surface area (Å²) in [6.45, 7) is 0. The third kappa shape index (κ3) is 1.18. The van der Waals surface area contributed by atoms with Gasteiger partial charge in [0.25, 0.3) is 0 Å². The van der Waals surface area contributed by atoms with Crippen molar-refractivity contribution in [2.75, 3.05) is 0 Å². The van der Waals surface area contributed by atoms with E-state index in [-0.39, 0.29) is 0 Å². The fourth-order valence-corrected chi connectivity index (χ4v) is 0.995. The van der Waals surface area contributed by atoms with Crippen molar-refractivity contribution in [1.29, 1.82) is 0 Å². The predicted octanol–water partition coefficient (Wildman–Crippen LogP) is 2.29. The molecule has 1 amide bonds. The number of ether oxygens (including phenoxy) is 1. The second kappa shape index (κ2) is 2.73. The van der Waals surface area contributed by atoms with Gasteiger partial charge in [-0.15, -0.1) is 5.11 Å². The molecule has 0 bridgehead atoms. The average Bonchev–Trinajstić information content (AvgIpc) is 2.54. The normalized spacial score (nSPS) is 21.0. The molecule has 1 aliphatic rings. The first-order chi connectivity index (χ1) is 5.86. The smallest absolute Gasteiger partial charge is 0.415 e. The Balaban J connectivity index is 2.23. The van der Waals surface area contributed by atoms with Crippen LogP contribution >= 0.6 is 0 Å². The van der Waals surface area contributed by atoms with E-state index in [1.165, 1.54) is 0 Å². The van der Waals surface area contributed by atoms with Gasteiger partial charge in [0.15, 0.2) is 0 Å². The molecule has 0 spiro atoms. The van der Waals surface area contributed by atoms with Gasteiger partial charge < -0.3 is 4.74 Å². The molecular weight excluding hydrogens is 156 g/mol. The summed E-state index contributed by atoms with van der Waals surface area (Å²) in [5.41, 5.74) is 0.840. The van der Waals surface area contributed by atoms with Gasteiger partial charge in [-0.2, -0.15) is 0 Å². The number of azo groups is 1. The maximum absolute atomic E-state index is 10.5. The van der Waals surface area contributed by atoms with E-state index in [2.05, 4.69) is 10.2 Å². The monoisotopic (exact) mass is 162 g/mol. The van der Waals surface area contributed by atoms with Crippen molar-refractivity contribution in [3.8, 4) is 0 Å². The van der Waals surface area contributed by atoms with Crippen LogP contribution in [0.5, 0.6) is 0 Å². The molecule has 0 aliphatic carbocycles. The van der Waals surface area contributed by atoms with Crippen LogP contribution in [-0.4, -0.2) is 6.09 Å². The van der Waals surface area contributed by atoms with Gasteiger partial charge in [0.1, 0.15) is 0 Å². The lowest BCUT2D eigenvalue weighted by molar-refractivity contribution is 0.133. The van der Waals surface area contributed by atoms with Gasteiger partial charge in [-0.3, -0.25) is 0 Å². The number of rotatable bonds is 1. The fraction of sp³-hybridized carbons (Fsp3) is 0.125. The number of cyclic esters (lactones) is 1. The summed E-state index contributed by atoms with van der Waals surface area (Å²) in [6.07, 6.45) is -1.16. The number of hydrogen-bond acceptors (Lipinski definition) is 3. The Bertz CT molecular complexity index is 321. The minimum atomic E-state index is -0.621. The van der Waals surface area contributed by atoms with Crippen LogP contribution in [0, 0.1) is 0 Å². The number of amides is 1. The predicted molar refractivity (Wildman–Crippen MR) is 40.5 cm³/mol. The first kappa shape index (κ1) is 6.97. The van der Waals surface area contributed by atoms with Crippen molar-refractivity contribution >= 4 is 6.09 Å². The fourth-order valence-electron chi connectivity index (χ4n) is 0.995. The maximum Gasteiger partial charge on any atom is 0.454 e. The molecule has 1 unspecified atom stereocenters. The Morgan fingerprint density at radius 3 is 2.58 bits per heavy atom. The standard InChI is InChI=1S/C8H6N2O2/c11-8-10-9-7(12-8)6-4-2-1-3-5-6/h1-5,7H. The van der Waals surface area contributed by atoms with Gasteiger partial charge in [0, 0.05) is 5.56 Å². The lowest BCUT2D eigenvalue weighted by atomic mass is 10.2. The van der Waals surface area contributed by atoms with Crippen LogP contribution in [0.4, 0.5) is 4.79 Å². The number of hydrogen-bond donors (Lipinski definition) is 0. The van der Waals surface area contributed by atoms with Crippen LogP contribution in [-0.2, 0) is 4.74 Å². The van der Waals surface area contributed by atoms with Crippen molar-refractivity contribution in [2.45, 2.75) is 6.23 Å². The highest BCUT2D eigenvalue weighted by molar-refractivity contribution is 5.69. The highest BCUT2D eigenvalue weighted by Gasteiger charge is 2.20. The number of carbonyl (C=O) groups excluding carboxylic acids is 1. The van der Waals surface area contributed by atoms with Crippen molar-refractivity contribution < 1.29 is 9.53 Å². The third-order valence-corrected chi connectivity index (χ3v) is 1.54. The summed E-state index contributed by atoms with van der Waals surface area (Å²) in [4.78, 5) is 10.5. The largest absolute Gasteiger partial charge is 0.454 e. The van der Waals surface area contributed by atoms with Gasteiger partial charge in [-0.25, -0.2) is 4.79 Å². The van der Waals surface area contributed by atoms with Crippen LogP contribution in [0.15, 0.2) is 40.6 Å². The molecule has 0 aromatic heterocycles.